The largest absolute Gasteiger partial charge is 0.461 e. The molecule has 4 fully saturated rings. The van der Waals surface area contributed by atoms with E-state index < -0.39 is 0 Å². The zero-order chi connectivity index (χ0) is 21.3. The predicted octanol–water partition coefficient (Wildman–Crippen LogP) is 2.99. The third-order valence-corrected chi connectivity index (χ3v) is 8.62. The molecule has 9 heteroatoms. The molecule has 0 aliphatic carbocycles. The SMILES string of the molecule is Brc1cc2nc(OCC34CCCN3CCC4)nc(N3CC4CCC(C3)N4)c2c2ccnn12. The van der Waals surface area contributed by atoms with E-state index in [1.54, 1.807) is 0 Å². The summed E-state index contributed by atoms with van der Waals surface area (Å²) >= 11 is 3.67. The summed E-state index contributed by atoms with van der Waals surface area (Å²) in [6.45, 7) is 5.01. The minimum absolute atomic E-state index is 0.183. The van der Waals surface area contributed by atoms with E-state index in [4.69, 9.17) is 14.7 Å². The third kappa shape index (κ3) is 2.97. The number of ether oxygens (including phenoxy) is 1. The molecule has 2 atom stereocenters. The van der Waals surface area contributed by atoms with Gasteiger partial charge in [0.1, 0.15) is 17.0 Å². The lowest BCUT2D eigenvalue weighted by atomic mass is 9.95. The number of rotatable bonds is 4. The maximum Gasteiger partial charge on any atom is 0.319 e. The van der Waals surface area contributed by atoms with E-state index in [0.29, 0.717) is 24.7 Å². The van der Waals surface area contributed by atoms with Gasteiger partial charge in [0.25, 0.3) is 0 Å². The van der Waals surface area contributed by atoms with Crippen molar-refractivity contribution in [2.75, 3.05) is 37.7 Å². The van der Waals surface area contributed by atoms with Gasteiger partial charge in [-0.2, -0.15) is 15.1 Å². The minimum atomic E-state index is 0.183. The molecule has 0 saturated carbocycles. The summed E-state index contributed by atoms with van der Waals surface area (Å²) in [7, 11) is 0. The highest BCUT2D eigenvalue weighted by Crippen LogP contribution is 2.40. The Morgan fingerprint density at radius 1 is 1.12 bits per heavy atom. The normalized spacial score (nSPS) is 27.0. The molecule has 168 valence electrons. The van der Waals surface area contributed by atoms with Crippen LogP contribution in [0, 0.1) is 0 Å². The Morgan fingerprint density at radius 2 is 1.91 bits per heavy atom. The predicted molar refractivity (Wildman–Crippen MR) is 126 cm³/mol. The number of aromatic nitrogens is 4. The van der Waals surface area contributed by atoms with Crippen molar-refractivity contribution in [2.45, 2.75) is 56.1 Å². The van der Waals surface area contributed by atoms with E-state index in [9.17, 15) is 0 Å². The van der Waals surface area contributed by atoms with Gasteiger partial charge in [0, 0.05) is 25.2 Å². The van der Waals surface area contributed by atoms with Gasteiger partial charge in [-0.15, -0.1) is 0 Å². The van der Waals surface area contributed by atoms with Gasteiger partial charge in [0.15, 0.2) is 0 Å². The standard InChI is InChI=1S/C23H28BrN7O/c24-19-11-17-20(18-5-8-25-31(18)19)21(29-12-15-3-4-16(13-29)26-15)28-22(27-17)32-14-23-6-1-9-30(23)10-2-7-23/h5,8,11,15-16,26H,1-4,6-7,9-10,12-14H2. The summed E-state index contributed by atoms with van der Waals surface area (Å²) < 4.78 is 9.20. The summed E-state index contributed by atoms with van der Waals surface area (Å²) in [6.07, 6.45) is 9.28. The van der Waals surface area contributed by atoms with Crippen LogP contribution < -0.4 is 15.0 Å². The van der Waals surface area contributed by atoms with E-state index in [0.717, 1.165) is 39.9 Å². The fourth-order valence-corrected chi connectivity index (χ4v) is 7.05. The number of anilines is 1. The van der Waals surface area contributed by atoms with E-state index in [1.807, 2.05) is 22.8 Å². The van der Waals surface area contributed by atoms with Crippen molar-refractivity contribution in [3.63, 3.8) is 0 Å². The van der Waals surface area contributed by atoms with Crippen LogP contribution in [0.2, 0.25) is 0 Å². The Hall–Kier alpha value is -1.97. The van der Waals surface area contributed by atoms with Crippen LogP contribution in [0.3, 0.4) is 0 Å². The van der Waals surface area contributed by atoms with E-state index in [-0.39, 0.29) is 5.54 Å². The molecule has 3 aromatic heterocycles. The van der Waals surface area contributed by atoms with Crippen molar-refractivity contribution in [1.29, 1.82) is 0 Å². The lowest BCUT2D eigenvalue weighted by molar-refractivity contribution is 0.108. The molecule has 4 saturated heterocycles. The summed E-state index contributed by atoms with van der Waals surface area (Å²) in [5.74, 6) is 0.980. The third-order valence-electron chi connectivity index (χ3n) is 8.05. The van der Waals surface area contributed by atoms with Gasteiger partial charge in [0.05, 0.1) is 28.2 Å². The number of hydrogen-bond donors (Lipinski definition) is 1. The van der Waals surface area contributed by atoms with Crippen molar-refractivity contribution in [3.8, 4) is 6.01 Å². The van der Waals surface area contributed by atoms with Gasteiger partial charge < -0.3 is 15.0 Å². The highest BCUT2D eigenvalue weighted by atomic mass is 79.9. The highest BCUT2D eigenvalue weighted by molar-refractivity contribution is 9.10. The summed E-state index contributed by atoms with van der Waals surface area (Å²) in [5, 5.41) is 9.28. The monoisotopic (exact) mass is 497 g/mol. The molecule has 1 N–H and O–H groups in total. The first kappa shape index (κ1) is 19.5. The van der Waals surface area contributed by atoms with Crippen LogP contribution in [0.5, 0.6) is 6.01 Å². The maximum atomic E-state index is 6.39. The van der Waals surface area contributed by atoms with E-state index >= 15 is 0 Å². The Morgan fingerprint density at radius 3 is 2.69 bits per heavy atom. The molecule has 32 heavy (non-hydrogen) atoms. The molecular weight excluding hydrogens is 470 g/mol. The maximum absolute atomic E-state index is 6.39. The molecule has 3 aromatic rings. The fraction of sp³-hybridized carbons (Fsp3) is 0.609. The molecule has 0 amide bonds. The first-order valence-corrected chi connectivity index (χ1v) is 12.7. The van der Waals surface area contributed by atoms with Crippen LogP contribution in [0.25, 0.3) is 16.4 Å². The van der Waals surface area contributed by atoms with E-state index in [1.165, 1.54) is 51.6 Å². The number of fused-ring (bicyclic) bond motifs is 6. The van der Waals surface area contributed by atoms with Gasteiger partial charge in [-0.1, -0.05) is 0 Å². The van der Waals surface area contributed by atoms with E-state index in [2.05, 4.69) is 36.1 Å². The highest BCUT2D eigenvalue weighted by Gasteiger charge is 2.45. The van der Waals surface area contributed by atoms with Crippen LogP contribution in [-0.4, -0.2) is 74.9 Å². The van der Waals surface area contributed by atoms with Crippen LogP contribution in [0.15, 0.2) is 22.9 Å². The summed E-state index contributed by atoms with van der Waals surface area (Å²) in [6, 6.07) is 5.65. The molecular formula is C23H28BrN7O. The zero-order valence-corrected chi connectivity index (χ0v) is 19.7. The van der Waals surface area contributed by atoms with Crippen molar-refractivity contribution in [2.24, 2.45) is 0 Å². The second-order valence-electron chi connectivity index (χ2n) is 9.94. The first-order valence-electron chi connectivity index (χ1n) is 11.9. The molecule has 0 radical (unpaired) electrons. The lowest BCUT2D eigenvalue weighted by Crippen LogP contribution is -2.51. The van der Waals surface area contributed by atoms with Crippen LogP contribution in [0.1, 0.15) is 38.5 Å². The van der Waals surface area contributed by atoms with Crippen molar-refractivity contribution in [3.05, 3.63) is 22.9 Å². The van der Waals surface area contributed by atoms with Crippen LogP contribution in [-0.2, 0) is 0 Å². The summed E-state index contributed by atoms with van der Waals surface area (Å²) in [4.78, 5) is 15.0. The fourth-order valence-electron chi connectivity index (χ4n) is 6.56. The molecule has 7 rings (SSSR count). The quantitative estimate of drug-likeness (QED) is 0.555. The van der Waals surface area contributed by atoms with Gasteiger partial charge in [-0.05, 0) is 79.7 Å². The van der Waals surface area contributed by atoms with Gasteiger partial charge in [0.2, 0.25) is 0 Å². The van der Waals surface area contributed by atoms with Gasteiger partial charge >= 0.3 is 6.01 Å². The summed E-state index contributed by atoms with van der Waals surface area (Å²) in [5.41, 5.74) is 2.11. The van der Waals surface area contributed by atoms with Crippen LogP contribution in [0.4, 0.5) is 5.82 Å². The van der Waals surface area contributed by atoms with Crippen LogP contribution >= 0.6 is 15.9 Å². The minimum Gasteiger partial charge on any atom is -0.461 e. The Balaban J connectivity index is 1.32. The van der Waals surface area contributed by atoms with Gasteiger partial charge in [-0.3, -0.25) is 4.90 Å². The number of piperazine rings is 1. The van der Waals surface area contributed by atoms with Crippen molar-refractivity contribution < 1.29 is 4.74 Å². The number of nitrogens with zero attached hydrogens (tertiary/aromatic N) is 6. The Bertz CT molecular complexity index is 1170. The zero-order valence-electron chi connectivity index (χ0n) is 18.1. The Labute approximate surface area is 195 Å². The van der Waals surface area contributed by atoms with Crippen molar-refractivity contribution in [1.82, 2.24) is 29.8 Å². The number of pyridine rings is 1. The second-order valence-corrected chi connectivity index (χ2v) is 10.7. The molecule has 0 spiro atoms. The second kappa shape index (κ2) is 7.27. The molecule has 8 nitrogen and oxygen atoms in total. The van der Waals surface area contributed by atoms with Gasteiger partial charge in [-0.25, -0.2) is 4.52 Å². The number of nitrogens with one attached hydrogen (secondary N) is 1. The Kier molecular flexibility index (Phi) is 4.43. The molecule has 0 aromatic carbocycles. The number of hydrogen-bond acceptors (Lipinski definition) is 7. The smallest absolute Gasteiger partial charge is 0.319 e. The van der Waals surface area contributed by atoms with Crippen molar-refractivity contribution >= 4 is 38.2 Å². The topological polar surface area (TPSA) is 70.8 Å². The molecule has 7 heterocycles. The number of halogens is 1. The molecule has 4 aliphatic heterocycles. The lowest BCUT2D eigenvalue weighted by Gasteiger charge is -2.34. The average molecular weight is 498 g/mol. The average Bonchev–Trinajstić information content (AvgIpc) is 3.55. The molecule has 2 unspecified atom stereocenters. The molecule has 4 aliphatic rings. The molecule has 2 bridgehead atoms. The first-order chi connectivity index (χ1) is 15.7.